The number of alkyl halides is 3. The fourth-order valence-corrected chi connectivity index (χ4v) is 1.93. The highest BCUT2D eigenvalue weighted by Crippen LogP contribution is 2.30. The molecule has 0 aliphatic rings. The van der Waals surface area contributed by atoms with Crippen LogP contribution in [0.4, 0.5) is 13.2 Å². The largest absolute Gasteiger partial charge is 0.419 e. The Bertz CT molecular complexity index is 642. The summed E-state index contributed by atoms with van der Waals surface area (Å²) in [5, 5.41) is 9.50. The number of fused-ring (bicyclic) bond motifs is 1. The third-order valence-electron chi connectivity index (χ3n) is 2.82. The molecule has 1 heterocycles. The molecule has 1 unspecified atom stereocenters. The second-order valence-electron chi connectivity index (χ2n) is 4.17. The number of aliphatic hydroxyl groups is 1. The lowest BCUT2D eigenvalue weighted by atomic mass is 10.1. The lowest BCUT2D eigenvalue weighted by Gasteiger charge is -2.13. The van der Waals surface area contributed by atoms with Crippen molar-refractivity contribution in [3.05, 3.63) is 34.3 Å². The Morgan fingerprint density at radius 1 is 1.42 bits per heavy atom. The number of nitrogens with zero attached hydrogens (tertiary/aromatic N) is 1. The Morgan fingerprint density at radius 2 is 2.11 bits per heavy atom. The molecule has 0 amide bonds. The minimum Gasteiger partial charge on any atom is -0.408 e. The van der Waals surface area contributed by atoms with E-state index in [1.54, 1.807) is 6.92 Å². The van der Waals surface area contributed by atoms with Crippen molar-refractivity contribution in [2.24, 2.45) is 0 Å². The standard InChI is InChI=1S/C12H12F3NO3/c1-2-16-8-4-3-7(5-10(8)19-11(16)18)9(17)6-12(13,14)15/h3-5,9,17H,2,6H2,1H3. The van der Waals surface area contributed by atoms with Crippen LogP contribution in [0.5, 0.6) is 0 Å². The molecule has 0 spiro atoms. The molecule has 2 aromatic rings. The summed E-state index contributed by atoms with van der Waals surface area (Å²) in [6, 6.07) is 4.10. The van der Waals surface area contributed by atoms with Crippen molar-refractivity contribution in [1.82, 2.24) is 4.57 Å². The Morgan fingerprint density at radius 3 is 2.68 bits per heavy atom. The minimum atomic E-state index is -4.45. The van der Waals surface area contributed by atoms with Gasteiger partial charge in [0.25, 0.3) is 0 Å². The van der Waals surface area contributed by atoms with Crippen LogP contribution in [-0.4, -0.2) is 15.8 Å². The van der Waals surface area contributed by atoms with Gasteiger partial charge in [-0.2, -0.15) is 13.2 Å². The smallest absolute Gasteiger partial charge is 0.408 e. The van der Waals surface area contributed by atoms with Gasteiger partial charge in [0, 0.05) is 6.54 Å². The van der Waals surface area contributed by atoms with Crippen molar-refractivity contribution >= 4 is 11.1 Å². The highest BCUT2D eigenvalue weighted by atomic mass is 19.4. The number of aliphatic hydroxyl groups excluding tert-OH is 1. The van der Waals surface area contributed by atoms with Gasteiger partial charge in [0.05, 0.1) is 18.0 Å². The maximum Gasteiger partial charge on any atom is 0.419 e. The number of hydrogen-bond donors (Lipinski definition) is 1. The molecule has 0 fully saturated rings. The first kappa shape index (κ1) is 13.7. The molecular formula is C12H12F3NO3. The van der Waals surface area contributed by atoms with E-state index in [0.717, 1.165) is 0 Å². The second kappa shape index (κ2) is 4.73. The summed E-state index contributed by atoms with van der Waals surface area (Å²) >= 11 is 0. The zero-order chi connectivity index (χ0) is 14.2. The zero-order valence-corrected chi connectivity index (χ0v) is 10.1. The molecule has 0 radical (unpaired) electrons. The van der Waals surface area contributed by atoms with E-state index in [2.05, 4.69) is 0 Å². The third kappa shape index (κ3) is 2.81. The Kier molecular flexibility index (Phi) is 3.40. The van der Waals surface area contributed by atoms with Gasteiger partial charge >= 0.3 is 11.9 Å². The van der Waals surface area contributed by atoms with Crippen LogP contribution in [-0.2, 0) is 6.54 Å². The molecule has 0 bridgehead atoms. The highest BCUT2D eigenvalue weighted by molar-refractivity contribution is 5.73. The second-order valence-corrected chi connectivity index (χ2v) is 4.17. The lowest BCUT2D eigenvalue weighted by molar-refractivity contribution is -0.154. The number of aryl methyl sites for hydroxylation is 1. The number of oxazole rings is 1. The van der Waals surface area contributed by atoms with Gasteiger partial charge in [-0.1, -0.05) is 6.07 Å². The summed E-state index contributed by atoms with van der Waals surface area (Å²) in [7, 11) is 0. The molecule has 1 aromatic carbocycles. The van der Waals surface area contributed by atoms with Crippen molar-refractivity contribution in [3.8, 4) is 0 Å². The van der Waals surface area contributed by atoms with Crippen LogP contribution in [0.15, 0.2) is 27.4 Å². The molecule has 0 aliphatic carbocycles. The molecule has 7 heteroatoms. The number of aromatic nitrogens is 1. The first-order valence-corrected chi connectivity index (χ1v) is 5.70. The molecule has 1 N–H and O–H groups in total. The van der Waals surface area contributed by atoms with Gasteiger partial charge in [0.1, 0.15) is 0 Å². The molecule has 2 rings (SSSR count). The van der Waals surface area contributed by atoms with Crippen LogP contribution in [0.3, 0.4) is 0 Å². The fourth-order valence-electron chi connectivity index (χ4n) is 1.93. The molecule has 104 valence electrons. The number of hydrogen-bond acceptors (Lipinski definition) is 3. The van der Waals surface area contributed by atoms with Gasteiger partial charge < -0.3 is 9.52 Å². The Balaban J connectivity index is 2.40. The van der Waals surface area contributed by atoms with Crippen molar-refractivity contribution < 1.29 is 22.7 Å². The molecule has 0 saturated heterocycles. The average Bonchev–Trinajstić information content (AvgIpc) is 2.60. The quantitative estimate of drug-likeness (QED) is 0.936. The number of rotatable bonds is 3. The molecule has 0 saturated carbocycles. The topological polar surface area (TPSA) is 55.4 Å². The van der Waals surface area contributed by atoms with Gasteiger partial charge in [-0.15, -0.1) is 0 Å². The van der Waals surface area contributed by atoms with Gasteiger partial charge in [0.15, 0.2) is 5.58 Å². The monoisotopic (exact) mass is 275 g/mol. The third-order valence-corrected chi connectivity index (χ3v) is 2.82. The first-order chi connectivity index (χ1) is 8.81. The summed E-state index contributed by atoms with van der Waals surface area (Å²) in [5.74, 6) is -0.569. The molecule has 1 aromatic heterocycles. The SMILES string of the molecule is CCn1c(=O)oc2cc(C(O)CC(F)(F)F)ccc21. The van der Waals surface area contributed by atoms with Gasteiger partial charge in [-0.25, -0.2) is 4.79 Å². The summed E-state index contributed by atoms with van der Waals surface area (Å²) in [6.45, 7) is 2.15. The summed E-state index contributed by atoms with van der Waals surface area (Å²) in [6.07, 6.45) is -7.46. The van der Waals surface area contributed by atoms with E-state index < -0.39 is 24.5 Å². The maximum absolute atomic E-state index is 12.2. The molecule has 0 aliphatic heterocycles. The van der Waals surface area contributed by atoms with E-state index in [-0.39, 0.29) is 11.1 Å². The normalized spacial score (nSPS) is 13.9. The molecular weight excluding hydrogens is 263 g/mol. The van der Waals surface area contributed by atoms with Crippen molar-refractivity contribution in [3.63, 3.8) is 0 Å². The summed E-state index contributed by atoms with van der Waals surface area (Å²) in [4.78, 5) is 11.4. The van der Waals surface area contributed by atoms with E-state index in [1.165, 1.54) is 22.8 Å². The van der Waals surface area contributed by atoms with E-state index in [0.29, 0.717) is 12.1 Å². The Labute approximate surface area is 106 Å². The minimum absolute atomic E-state index is 0.0711. The predicted octanol–water partition coefficient (Wildman–Crippen LogP) is 2.60. The first-order valence-electron chi connectivity index (χ1n) is 5.70. The zero-order valence-electron chi connectivity index (χ0n) is 10.1. The van der Waals surface area contributed by atoms with Crippen LogP contribution in [0.25, 0.3) is 11.1 Å². The van der Waals surface area contributed by atoms with Crippen LogP contribution < -0.4 is 5.76 Å². The van der Waals surface area contributed by atoms with Crippen LogP contribution in [0.2, 0.25) is 0 Å². The van der Waals surface area contributed by atoms with Gasteiger partial charge in [-0.3, -0.25) is 4.57 Å². The van der Waals surface area contributed by atoms with Crippen LogP contribution in [0, 0.1) is 0 Å². The van der Waals surface area contributed by atoms with E-state index in [9.17, 15) is 23.1 Å². The predicted molar refractivity (Wildman–Crippen MR) is 61.8 cm³/mol. The number of benzene rings is 1. The van der Waals surface area contributed by atoms with Gasteiger partial charge in [0.2, 0.25) is 0 Å². The lowest BCUT2D eigenvalue weighted by Crippen LogP contribution is -2.13. The highest BCUT2D eigenvalue weighted by Gasteiger charge is 2.31. The van der Waals surface area contributed by atoms with Gasteiger partial charge in [-0.05, 0) is 24.6 Å². The van der Waals surface area contributed by atoms with E-state index in [4.69, 9.17) is 4.42 Å². The summed E-state index contributed by atoms with van der Waals surface area (Å²) in [5.41, 5.74) is 0.739. The molecule has 4 nitrogen and oxygen atoms in total. The average molecular weight is 275 g/mol. The van der Waals surface area contributed by atoms with Crippen molar-refractivity contribution in [2.45, 2.75) is 32.2 Å². The van der Waals surface area contributed by atoms with Crippen molar-refractivity contribution in [2.75, 3.05) is 0 Å². The Hall–Kier alpha value is -1.76. The van der Waals surface area contributed by atoms with E-state index in [1.807, 2.05) is 0 Å². The fraction of sp³-hybridized carbons (Fsp3) is 0.417. The van der Waals surface area contributed by atoms with Crippen molar-refractivity contribution in [1.29, 1.82) is 0 Å². The van der Waals surface area contributed by atoms with Crippen LogP contribution >= 0.6 is 0 Å². The summed E-state index contributed by atoms with van der Waals surface area (Å²) < 4.78 is 42.9. The van der Waals surface area contributed by atoms with E-state index >= 15 is 0 Å². The molecule has 1 atom stereocenters. The molecule has 19 heavy (non-hydrogen) atoms. The van der Waals surface area contributed by atoms with Crippen LogP contribution in [0.1, 0.15) is 25.0 Å². The number of halogens is 3. The maximum atomic E-state index is 12.2.